The molecule has 1 N–H and O–H groups in total. The van der Waals surface area contributed by atoms with E-state index in [0.717, 1.165) is 19.3 Å². The maximum Gasteiger partial charge on any atom is 0.378 e. The van der Waals surface area contributed by atoms with E-state index in [1.165, 1.54) is 0 Å². The number of esters is 1. The van der Waals surface area contributed by atoms with E-state index in [9.17, 15) is 18.4 Å². The third kappa shape index (κ3) is 3.90. The van der Waals surface area contributed by atoms with Crippen LogP contribution in [0.25, 0.3) is 0 Å². The molecular formula is C14H22F2O4. The zero-order valence-electron chi connectivity index (χ0n) is 12.1. The summed E-state index contributed by atoms with van der Waals surface area (Å²) in [5.41, 5.74) is -0.943. The molecule has 0 aromatic heterocycles. The highest BCUT2D eigenvalue weighted by molar-refractivity contribution is 5.79. The molecule has 0 aromatic rings. The monoisotopic (exact) mass is 292 g/mol. The predicted molar refractivity (Wildman–Crippen MR) is 68.5 cm³/mol. The maximum atomic E-state index is 13.9. The lowest BCUT2D eigenvalue weighted by atomic mass is 9.82. The first-order chi connectivity index (χ1) is 9.06. The Balaban J connectivity index is 2.95. The van der Waals surface area contributed by atoms with Crippen LogP contribution in [0.5, 0.6) is 0 Å². The molecule has 0 aromatic carbocycles. The van der Waals surface area contributed by atoms with Crippen LogP contribution in [0.1, 0.15) is 52.9 Å². The minimum atomic E-state index is -4.05. The van der Waals surface area contributed by atoms with Crippen molar-refractivity contribution >= 4 is 11.9 Å². The fourth-order valence-corrected chi connectivity index (χ4v) is 2.32. The lowest BCUT2D eigenvalue weighted by Crippen LogP contribution is -2.50. The Morgan fingerprint density at radius 2 is 1.65 bits per heavy atom. The molecule has 20 heavy (non-hydrogen) atoms. The number of carboxylic acids is 1. The Kier molecular flexibility index (Phi) is 5.10. The SMILES string of the molecule is CC(C)(C)C(=O)OC(C1CCCCC1)C(F)(F)C(=O)O. The van der Waals surface area contributed by atoms with Crippen molar-refractivity contribution in [3.05, 3.63) is 0 Å². The molecule has 4 nitrogen and oxygen atoms in total. The quantitative estimate of drug-likeness (QED) is 0.808. The number of carbonyl (C=O) groups excluding carboxylic acids is 1. The third-order valence-electron chi connectivity index (χ3n) is 3.57. The fourth-order valence-electron chi connectivity index (χ4n) is 2.32. The van der Waals surface area contributed by atoms with Gasteiger partial charge in [0.15, 0.2) is 6.10 Å². The van der Waals surface area contributed by atoms with Gasteiger partial charge < -0.3 is 9.84 Å². The highest BCUT2D eigenvalue weighted by Crippen LogP contribution is 2.37. The molecule has 0 saturated heterocycles. The van der Waals surface area contributed by atoms with Crippen LogP contribution in [0.15, 0.2) is 0 Å². The lowest BCUT2D eigenvalue weighted by Gasteiger charge is -2.34. The first-order valence-electron chi connectivity index (χ1n) is 6.89. The summed E-state index contributed by atoms with van der Waals surface area (Å²) in [7, 11) is 0. The van der Waals surface area contributed by atoms with Crippen LogP contribution in [0.3, 0.4) is 0 Å². The third-order valence-corrected chi connectivity index (χ3v) is 3.57. The maximum absolute atomic E-state index is 13.9. The second-order valence-corrected chi connectivity index (χ2v) is 6.40. The van der Waals surface area contributed by atoms with Crippen molar-refractivity contribution in [2.24, 2.45) is 11.3 Å². The number of alkyl halides is 2. The summed E-state index contributed by atoms with van der Waals surface area (Å²) in [4.78, 5) is 22.6. The van der Waals surface area contributed by atoms with Crippen LogP contribution in [0.4, 0.5) is 8.78 Å². The smallest absolute Gasteiger partial charge is 0.378 e. The normalized spacial score (nSPS) is 19.4. The second-order valence-electron chi connectivity index (χ2n) is 6.40. The van der Waals surface area contributed by atoms with Crippen LogP contribution in [0.2, 0.25) is 0 Å². The molecule has 6 heteroatoms. The Bertz CT molecular complexity index is 368. The second kappa shape index (κ2) is 6.06. The molecule has 1 aliphatic rings. The van der Waals surface area contributed by atoms with E-state index in [1.54, 1.807) is 20.8 Å². The van der Waals surface area contributed by atoms with Gasteiger partial charge in [0.2, 0.25) is 0 Å². The summed E-state index contributed by atoms with van der Waals surface area (Å²) in [6, 6.07) is 0. The molecule has 0 heterocycles. The van der Waals surface area contributed by atoms with Gasteiger partial charge in [0, 0.05) is 5.92 Å². The summed E-state index contributed by atoms with van der Waals surface area (Å²) in [6.45, 7) is 4.64. The summed E-state index contributed by atoms with van der Waals surface area (Å²) >= 11 is 0. The molecule has 0 spiro atoms. The number of hydrogen-bond donors (Lipinski definition) is 1. The summed E-state index contributed by atoms with van der Waals surface area (Å²) in [5, 5.41) is 8.72. The van der Waals surface area contributed by atoms with E-state index >= 15 is 0 Å². The van der Waals surface area contributed by atoms with Gasteiger partial charge in [-0.15, -0.1) is 0 Å². The summed E-state index contributed by atoms with van der Waals surface area (Å²) in [5.74, 6) is -7.69. The molecule has 0 bridgehead atoms. The van der Waals surface area contributed by atoms with Crippen LogP contribution in [-0.2, 0) is 14.3 Å². The predicted octanol–water partition coefficient (Wildman–Crippen LogP) is 3.24. The van der Waals surface area contributed by atoms with Crippen LogP contribution >= 0.6 is 0 Å². The van der Waals surface area contributed by atoms with Crippen LogP contribution in [0, 0.1) is 11.3 Å². The molecular weight excluding hydrogens is 270 g/mol. The van der Waals surface area contributed by atoms with E-state index in [-0.39, 0.29) is 0 Å². The first-order valence-corrected chi connectivity index (χ1v) is 6.89. The van der Waals surface area contributed by atoms with Crippen molar-refractivity contribution in [3.8, 4) is 0 Å². The van der Waals surface area contributed by atoms with Gasteiger partial charge in [-0.2, -0.15) is 8.78 Å². The largest absolute Gasteiger partial charge is 0.477 e. The van der Waals surface area contributed by atoms with Gasteiger partial charge in [0.1, 0.15) is 0 Å². The van der Waals surface area contributed by atoms with Gasteiger partial charge in [0.25, 0.3) is 0 Å². The topological polar surface area (TPSA) is 63.6 Å². The number of aliphatic carboxylic acids is 1. The van der Waals surface area contributed by atoms with Crippen molar-refractivity contribution in [2.75, 3.05) is 0 Å². The highest BCUT2D eigenvalue weighted by Gasteiger charge is 2.54. The van der Waals surface area contributed by atoms with E-state index in [4.69, 9.17) is 9.84 Å². The molecule has 1 unspecified atom stereocenters. The molecule has 0 radical (unpaired) electrons. The van der Waals surface area contributed by atoms with Crippen LogP contribution in [-0.4, -0.2) is 29.1 Å². The molecule has 1 fully saturated rings. The van der Waals surface area contributed by atoms with Crippen LogP contribution < -0.4 is 0 Å². The molecule has 0 amide bonds. The summed E-state index contributed by atoms with van der Waals surface area (Å²) in [6.07, 6.45) is 1.49. The fraction of sp³-hybridized carbons (Fsp3) is 0.857. The molecule has 1 rings (SSSR count). The minimum absolute atomic E-state index is 0.463. The average Bonchev–Trinajstić information content (AvgIpc) is 2.35. The number of carboxylic acid groups (broad SMARTS) is 1. The van der Waals surface area contributed by atoms with E-state index in [2.05, 4.69) is 0 Å². The van der Waals surface area contributed by atoms with Crippen molar-refractivity contribution < 1.29 is 28.2 Å². The first kappa shape index (κ1) is 16.9. The number of ether oxygens (including phenoxy) is 1. The van der Waals surface area contributed by atoms with Crippen molar-refractivity contribution in [2.45, 2.75) is 64.9 Å². The standard InChI is InChI=1S/C14H22F2O4/c1-13(2,3)12(19)20-10(14(15,16)11(17)18)9-7-5-4-6-8-9/h9-10H,4-8H2,1-3H3,(H,17,18). The van der Waals surface area contributed by atoms with Crippen molar-refractivity contribution in [1.82, 2.24) is 0 Å². The molecule has 1 aliphatic carbocycles. The molecule has 1 atom stereocenters. The van der Waals surface area contributed by atoms with Crippen molar-refractivity contribution in [3.63, 3.8) is 0 Å². The number of hydrogen-bond acceptors (Lipinski definition) is 3. The number of rotatable bonds is 4. The molecule has 0 aliphatic heterocycles. The average molecular weight is 292 g/mol. The van der Waals surface area contributed by atoms with Gasteiger partial charge >= 0.3 is 17.9 Å². The zero-order valence-corrected chi connectivity index (χ0v) is 12.1. The molecule has 116 valence electrons. The van der Waals surface area contributed by atoms with Gasteiger partial charge in [0.05, 0.1) is 5.41 Å². The van der Waals surface area contributed by atoms with E-state index < -0.39 is 35.3 Å². The van der Waals surface area contributed by atoms with Crippen molar-refractivity contribution in [1.29, 1.82) is 0 Å². The van der Waals surface area contributed by atoms with Gasteiger partial charge in [-0.05, 0) is 33.6 Å². The van der Waals surface area contributed by atoms with E-state index in [0.29, 0.717) is 12.8 Å². The van der Waals surface area contributed by atoms with Gasteiger partial charge in [-0.25, -0.2) is 4.79 Å². The Hall–Kier alpha value is -1.20. The molecule has 1 saturated carbocycles. The number of carbonyl (C=O) groups is 2. The Labute approximate surface area is 117 Å². The summed E-state index contributed by atoms with van der Waals surface area (Å²) < 4.78 is 32.6. The highest BCUT2D eigenvalue weighted by atomic mass is 19.3. The minimum Gasteiger partial charge on any atom is -0.477 e. The van der Waals surface area contributed by atoms with E-state index in [1.807, 2.05) is 0 Å². The zero-order chi connectivity index (χ0) is 15.6. The van der Waals surface area contributed by atoms with Gasteiger partial charge in [-0.3, -0.25) is 4.79 Å². The Morgan fingerprint density at radius 3 is 2.05 bits per heavy atom. The number of halogens is 2. The Morgan fingerprint density at radius 1 is 1.15 bits per heavy atom. The lowest BCUT2D eigenvalue weighted by molar-refractivity contribution is -0.206. The van der Waals surface area contributed by atoms with Gasteiger partial charge in [-0.1, -0.05) is 19.3 Å².